The summed E-state index contributed by atoms with van der Waals surface area (Å²) in [6.45, 7) is 2.53. The highest BCUT2D eigenvalue weighted by atomic mass is 35.5. The van der Waals surface area contributed by atoms with Crippen LogP contribution in [0.3, 0.4) is 0 Å². The fourth-order valence-electron chi connectivity index (χ4n) is 3.43. The van der Waals surface area contributed by atoms with E-state index in [0.29, 0.717) is 6.54 Å². The van der Waals surface area contributed by atoms with Crippen LogP contribution in [0.5, 0.6) is 0 Å². The highest BCUT2D eigenvalue weighted by Gasteiger charge is 2.30. The van der Waals surface area contributed by atoms with Gasteiger partial charge in [-0.15, -0.1) is 0 Å². The molecule has 3 rings (SSSR count). The van der Waals surface area contributed by atoms with Crippen LogP contribution in [-0.2, 0) is 17.8 Å². The van der Waals surface area contributed by atoms with Crippen LogP contribution in [0.25, 0.3) is 0 Å². The minimum absolute atomic E-state index is 0.111. The first-order valence-corrected chi connectivity index (χ1v) is 7.90. The van der Waals surface area contributed by atoms with Crippen LogP contribution in [0.1, 0.15) is 46.2 Å². The van der Waals surface area contributed by atoms with Gasteiger partial charge in [0.15, 0.2) is 0 Å². The van der Waals surface area contributed by atoms with E-state index in [1.807, 2.05) is 31.3 Å². The lowest BCUT2D eigenvalue weighted by Gasteiger charge is -2.30. The summed E-state index contributed by atoms with van der Waals surface area (Å²) >= 11 is 6.39. The maximum absolute atomic E-state index is 11.6. The van der Waals surface area contributed by atoms with Crippen LogP contribution < -0.4 is 5.73 Å². The second-order valence-corrected chi connectivity index (χ2v) is 6.33. The Morgan fingerprint density at radius 2 is 2.23 bits per heavy atom. The van der Waals surface area contributed by atoms with Crippen LogP contribution in [0.2, 0.25) is 5.02 Å². The van der Waals surface area contributed by atoms with Crippen LogP contribution >= 0.6 is 11.6 Å². The quantitative estimate of drug-likeness (QED) is 0.882. The van der Waals surface area contributed by atoms with E-state index in [4.69, 9.17) is 17.3 Å². The fraction of sp³-hybridized carbons (Fsp3) is 0.333. The summed E-state index contributed by atoms with van der Waals surface area (Å²) in [5.41, 5.74) is 11.1. The molecule has 1 aromatic carbocycles. The first-order chi connectivity index (χ1) is 10.6. The van der Waals surface area contributed by atoms with E-state index in [1.165, 1.54) is 0 Å². The molecule has 2 unspecified atom stereocenters. The molecular weight excluding hydrogens is 296 g/mol. The van der Waals surface area contributed by atoms with E-state index in [9.17, 15) is 4.79 Å². The summed E-state index contributed by atoms with van der Waals surface area (Å²) in [5.74, 6) is 0.0936. The Labute approximate surface area is 135 Å². The van der Waals surface area contributed by atoms with Crippen molar-refractivity contribution in [1.82, 2.24) is 4.98 Å². The van der Waals surface area contributed by atoms with E-state index < -0.39 is 0 Å². The molecule has 4 heteroatoms. The van der Waals surface area contributed by atoms with Crippen LogP contribution in [0, 0.1) is 6.92 Å². The molecule has 1 aromatic heterocycles. The Kier molecular flexibility index (Phi) is 4.27. The van der Waals surface area contributed by atoms with Crippen molar-refractivity contribution in [2.75, 3.05) is 0 Å². The lowest BCUT2D eigenvalue weighted by Crippen LogP contribution is -2.21. The Hall–Kier alpha value is -1.71. The maximum Gasteiger partial charge on any atom is 0.127 e. The molecule has 0 bridgehead atoms. The Balaban J connectivity index is 2.03. The monoisotopic (exact) mass is 314 g/mol. The zero-order chi connectivity index (χ0) is 15.7. The molecule has 0 amide bonds. The van der Waals surface area contributed by atoms with Crippen molar-refractivity contribution in [3.05, 3.63) is 63.4 Å². The minimum atomic E-state index is -0.111. The zero-order valence-electron chi connectivity index (χ0n) is 12.6. The number of aromatic nitrogens is 1. The van der Waals surface area contributed by atoms with Crippen molar-refractivity contribution in [1.29, 1.82) is 0 Å². The average molecular weight is 315 g/mol. The Bertz CT molecular complexity index is 714. The average Bonchev–Trinajstić information content (AvgIpc) is 2.54. The Morgan fingerprint density at radius 3 is 2.95 bits per heavy atom. The van der Waals surface area contributed by atoms with Crippen molar-refractivity contribution in [2.45, 2.75) is 38.1 Å². The second-order valence-electron chi connectivity index (χ2n) is 5.93. The standard InChI is InChI=1S/C18H19ClN2O/c1-11-4-5-21-17-8-13(7-14(10-22)18(11)17)15-6-12(9-20)2-3-16(15)19/h2-6,10,13-14H,7-9,20H2,1H3. The topological polar surface area (TPSA) is 56.0 Å². The summed E-state index contributed by atoms with van der Waals surface area (Å²) in [7, 11) is 0. The number of hydrogen-bond donors (Lipinski definition) is 1. The number of nitrogens with two attached hydrogens (primary N) is 1. The van der Waals surface area contributed by atoms with Crippen LogP contribution in [0.4, 0.5) is 0 Å². The molecule has 2 N–H and O–H groups in total. The third-order valence-corrected chi connectivity index (χ3v) is 4.88. The van der Waals surface area contributed by atoms with E-state index in [2.05, 4.69) is 11.1 Å². The third-order valence-electron chi connectivity index (χ3n) is 4.54. The molecule has 3 nitrogen and oxygen atoms in total. The molecule has 2 aromatic rings. The third kappa shape index (κ3) is 2.67. The number of hydrogen-bond acceptors (Lipinski definition) is 3. The predicted molar refractivity (Wildman–Crippen MR) is 88.2 cm³/mol. The number of pyridine rings is 1. The number of aldehydes is 1. The summed E-state index contributed by atoms with van der Waals surface area (Å²) in [6, 6.07) is 7.88. The van der Waals surface area contributed by atoms with Gasteiger partial charge in [0.2, 0.25) is 0 Å². The molecule has 0 saturated carbocycles. The maximum atomic E-state index is 11.6. The van der Waals surface area contributed by atoms with Crippen molar-refractivity contribution in [3.8, 4) is 0 Å². The van der Waals surface area contributed by atoms with Crippen LogP contribution in [-0.4, -0.2) is 11.3 Å². The van der Waals surface area contributed by atoms with Gasteiger partial charge in [0, 0.05) is 29.4 Å². The first kappa shape index (κ1) is 15.2. The highest BCUT2D eigenvalue weighted by molar-refractivity contribution is 6.31. The van der Waals surface area contributed by atoms with E-state index >= 15 is 0 Å². The fourth-order valence-corrected chi connectivity index (χ4v) is 3.70. The van der Waals surface area contributed by atoms with Gasteiger partial charge < -0.3 is 10.5 Å². The molecule has 22 heavy (non-hydrogen) atoms. The number of halogens is 1. The molecule has 1 aliphatic rings. The predicted octanol–water partition coefficient (Wildman–Crippen LogP) is 3.51. The zero-order valence-corrected chi connectivity index (χ0v) is 13.3. The summed E-state index contributed by atoms with van der Waals surface area (Å²) in [4.78, 5) is 16.1. The van der Waals surface area contributed by atoms with Gasteiger partial charge in [-0.1, -0.05) is 23.7 Å². The number of benzene rings is 1. The van der Waals surface area contributed by atoms with E-state index in [-0.39, 0.29) is 11.8 Å². The number of aryl methyl sites for hydroxylation is 1. The molecule has 0 aliphatic heterocycles. The Morgan fingerprint density at radius 1 is 1.41 bits per heavy atom. The summed E-state index contributed by atoms with van der Waals surface area (Å²) in [6.07, 6.45) is 4.45. The van der Waals surface area contributed by atoms with Gasteiger partial charge in [0.25, 0.3) is 0 Å². The SMILES string of the molecule is Cc1ccnc2c1C(C=O)CC(c1cc(CN)ccc1Cl)C2. The van der Waals surface area contributed by atoms with Gasteiger partial charge >= 0.3 is 0 Å². The van der Waals surface area contributed by atoms with Crippen molar-refractivity contribution in [3.63, 3.8) is 0 Å². The van der Waals surface area contributed by atoms with Gasteiger partial charge in [-0.2, -0.15) is 0 Å². The van der Waals surface area contributed by atoms with Crippen LogP contribution in [0.15, 0.2) is 30.5 Å². The van der Waals surface area contributed by atoms with Gasteiger partial charge in [0.1, 0.15) is 6.29 Å². The molecule has 1 heterocycles. The van der Waals surface area contributed by atoms with Gasteiger partial charge in [0.05, 0.1) is 0 Å². The van der Waals surface area contributed by atoms with Crippen molar-refractivity contribution < 1.29 is 4.79 Å². The molecule has 0 spiro atoms. The van der Waals surface area contributed by atoms with Crippen molar-refractivity contribution in [2.24, 2.45) is 5.73 Å². The number of fused-ring (bicyclic) bond motifs is 1. The normalized spacial score (nSPS) is 20.5. The summed E-state index contributed by atoms with van der Waals surface area (Å²) < 4.78 is 0. The lowest BCUT2D eigenvalue weighted by atomic mass is 9.75. The first-order valence-electron chi connectivity index (χ1n) is 7.52. The van der Waals surface area contributed by atoms with Gasteiger partial charge in [-0.05, 0) is 60.1 Å². The van der Waals surface area contributed by atoms with E-state index in [0.717, 1.165) is 52.1 Å². The molecular formula is C18H19ClN2O. The number of rotatable bonds is 3. The lowest BCUT2D eigenvalue weighted by molar-refractivity contribution is -0.109. The van der Waals surface area contributed by atoms with Gasteiger partial charge in [-0.3, -0.25) is 4.98 Å². The van der Waals surface area contributed by atoms with E-state index in [1.54, 1.807) is 0 Å². The second kappa shape index (κ2) is 6.19. The number of nitrogens with zero attached hydrogens (tertiary/aromatic N) is 1. The molecule has 2 atom stereocenters. The molecule has 1 aliphatic carbocycles. The molecule has 114 valence electrons. The molecule has 0 radical (unpaired) electrons. The minimum Gasteiger partial charge on any atom is -0.326 e. The highest BCUT2D eigenvalue weighted by Crippen LogP contribution is 2.41. The summed E-state index contributed by atoms with van der Waals surface area (Å²) in [5, 5.41) is 0.739. The largest absolute Gasteiger partial charge is 0.326 e. The molecule has 0 fully saturated rings. The number of carbonyl (C=O) groups excluding carboxylic acids is 1. The molecule has 0 saturated heterocycles. The number of carbonyl (C=O) groups is 1. The van der Waals surface area contributed by atoms with Crippen molar-refractivity contribution >= 4 is 17.9 Å². The van der Waals surface area contributed by atoms with Gasteiger partial charge in [-0.25, -0.2) is 0 Å². The smallest absolute Gasteiger partial charge is 0.127 e.